The summed E-state index contributed by atoms with van der Waals surface area (Å²) in [5.41, 5.74) is 2.29. The smallest absolute Gasteiger partial charge is 0.147 e. The van der Waals surface area contributed by atoms with E-state index in [9.17, 15) is 0 Å². The number of rotatable bonds is 0. The van der Waals surface area contributed by atoms with Crippen LogP contribution in [0.25, 0.3) is 15.8 Å². The zero-order chi connectivity index (χ0) is 13.8. The molecule has 1 aromatic carbocycles. The predicted molar refractivity (Wildman–Crippen MR) is 86.4 cm³/mol. The van der Waals surface area contributed by atoms with Crippen LogP contribution >= 0.6 is 11.3 Å². The first-order chi connectivity index (χ1) is 10.4. The number of thiophene rings is 1. The van der Waals surface area contributed by atoms with Gasteiger partial charge in [-0.05, 0) is 12.1 Å². The summed E-state index contributed by atoms with van der Waals surface area (Å²) in [7, 11) is 0. The molecular weight excluding hydrogens is 282 g/mol. The molecule has 3 aliphatic rings. The molecule has 4 nitrogen and oxygen atoms in total. The SMILES string of the molecule is C1=NC2=C(CCOc3c2sc2ccccc32)C2=NCCN12. The van der Waals surface area contributed by atoms with Gasteiger partial charge in [0.05, 0.1) is 30.1 Å². The summed E-state index contributed by atoms with van der Waals surface area (Å²) in [6, 6.07) is 8.40. The van der Waals surface area contributed by atoms with Gasteiger partial charge in [-0.1, -0.05) is 12.1 Å². The fourth-order valence-corrected chi connectivity index (χ4v) is 4.33. The zero-order valence-electron chi connectivity index (χ0n) is 11.4. The monoisotopic (exact) mass is 295 g/mol. The van der Waals surface area contributed by atoms with Gasteiger partial charge in [0.1, 0.15) is 11.6 Å². The average molecular weight is 295 g/mol. The van der Waals surface area contributed by atoms with Crippen molar-refractivity contribution in [3.05, 3.63) is 34.7 Å². The molecule has 1 aromatic heterocycles. The van der Waals surface area contributed by atoms with Crippen LogP contribution in [0.5, 0.6) is 5.75 Å². The van der Waals surface area contributed by atoms with Gasteiger partial charge in [0.25, 0.3) is 0 Å². The number of fused-ring (bicyclic) bond motifs is 6. The zero-order valence-corrected chi connectivity index (χ0v) is 12.2. The first kappa shape index (κ1) is 11.5. The lowest BCUT2D eigenvalue weighted by atomic mass is 10.1. The summed E-state index contributed by atoms with van der Waals surface area (Å²) < 4.78 is 7.32. The molecule has 0 atom stereocenters. The highest BCUT2D eigenvalue weighted by molar-refractivity contribution is 7.20. The Morgan fingerprint density at radius 2 is 2.19 bits per heavy atom. The lowest BCUT2D eigenvalue weighted by molar-refractivity contribution is 0.330. The van der Waals surface area contributed by atoms with Gasteiger partial charge in [-0.25, -0.2) is 4.99 Å². The Labute approximate surface area is 126 Å². The van der Waals surface area contributed by atoms with Crippen LogP contribution in [0.4, 0.5) is 0 Å². The maximum Gasteiger partial charge on any atom is 0.147 e. The van der Waals surface area contributed by atoms with E-state index in [0.29, 0.717) is 6.61 Å². The molecule has 0 N–H and O–H groups in total. The van der Waals surface area contributed by atoms with E-state index in [1.54, 1.807) is 11.3 Å². The fraction of sp³-hybridized carbons (Fsp3) is 0.250. The van der Waals surface area contributed by atoms with Crippen molar-refractivity contribution < 1.29 is 4.74 Å². The van der Waals surface area contributed by atoms with Gasteiger partial charge in [0.15, 0.2) is 0 Å². The van der Waals surface area contributed by atoms with Crippen molar-refractivity contribution in [1.29, 1.82) is 0 Å². The molecule has 0 saturated heterocycles. The molecule has 0 radical (unpaired) electrons. The van der Waals surface area contributed by atoms with E-state index in [2.05, 4.69) is 34.2 Å². The van der Waals surface area contributed by atoms with E-state index < -0.39 is 0 Å². The van der Waals surface area contributed by atoms with Crippen LogP contribution in [0.1, 0.15) is 11.3 Å². The highest BCUT2D eigenvalue weighted by Gasteiger charge is 2.31. The van der Waals surface area contributed by atoms with Crippen molar-refractivity contribution in [2.24, 2.45) is 9.98 Å². The lowest BCUT2D eigenvalue weighted by Gasteiger charge is -2.21. The largest absolute Gasteiger partial charge is 0.491 e. The van der Waals surface area contributed by atoms with Crippen LogP contribution in [0.3, 0.4) is 0 Å². The number of amidine groups is 1. The molecule has 0 unspecified atom stereocenters. The van der Waals surface area contributed by atoms with Crippen molar-refractivity contribution in [1.82, 2.24) is 4.90 Å². The van der Waals surface area contributed by atoms with Crippen molar-refractivity contribution in [2.75, 3.05) is 19.7 Å². The van der Waals surface area contributed by atoms with E-state index in [4.69, 9.17) is 9.73 Å². The summed E-state index contributed by atoms with van der Waals surface area (Å²) >= 11 is 1.76. The van der Waals surface area contributed by atoms with E-state index in [1.807, 2.05) is 6.34 Å². The van der Waals surface area contributed by atoms with Gasteiger partial charge in [-0.2, -0.15) is 0 Å². The number of hydrogen-bond donors (Lipinski definition) is 0. The highest BCUT2D eigenvalue weighted by Crippen LogP contribution is 2.46. The summed E-state index contributed by atoms with van der Waals surface area (Å²) in [6.07, 6.45) is 2.79. The number of hydrogen-bond acceptors (Lipinski definition) is 5. The van der Waals surface area contributed by atoms with Crippen LogP contribution in [0.15, 0.2) is 39.8 Å². The van der Waals surface area contributed by atoms with Crippen molar-refractivity contribution in [3.63, 3.8) is 0 Å². The van der Waals surface area contributed by atoms with Crippen LogP contribution in [0.2, 0.25) is 0 Å². The van der Waals surface area contributed by atoms with Gasteiger partial charge in [0.2, 0.25) is 0 Å². The molecule has 0 aliphatic carbocycles. The molecule has 0 amide bonds. The van der Waals surface area contributed by atoms with Gasteiger partial charge in [0, 0.05) is 28.6 Å². The summed E-state index contributed by atoms with van der Waals surface area (Å²) in [5, 5.41) is 1.19. The molecule has 0 spiro atoms. The van der Waals surface area contributed by atoms with E-state index >= 15 is 0 Å². The number of nitrogens with zero attached hydrogens (tertiary/aromatic N) is 3. The molecular formula is C16H13N3OS. The van der Waals surface area contributed by atoms with Crippen molar-refractivity contribution in [2.45, 2.75) is 6.42 Å². The maximum atomic E-state index is 6.06. The quantitative estimate of drug-likeness (QED) is 0.748. The fourth-order valence-electron chi connectivity index (χ4n) is 3.15. The first-order valence-corrected chi connectivity index (χ1v) is 7.97. The van der Waals surface area contributed by atoms with Crippen LogP contribution < -0.4 is 4.74 Å². The Morgan fingerprint density at radius 3 is 3.19 bits per heavy atom. The van der Waals surface area contributed by atoms with E-state index in [1.165, 1.54) is 15.7 Å². The molecule has 0 saturated carbocycles. The standard InChI is InChI=1S/C16H13N3OS/c1-2-4-12-10(3-1)14-15(21-12)13-11(5-8-20-14)16-17-6-7-19(16)9-18-13/h1-4,9H,5-8H2. The Kier molecular flexibility index (Phi) is 2.29. The third-order valence-corrected chi connectivity index (χ3v) is 5.28. The topological polar surface area (TPSA) is 37.2 Å². The molecule has 104 valence electrons. The molecule has 4 heterocycles. The Bertz CT molecular complexity index is 846. The van der Waals surface area contributed by atoms with E-state index in [0.717, 1.165) is 41.7 Å². The van der Waals surface area contributed by atoms with Crippen LogP contribution in [0, 0.1) is 0 Å². The summed E-state index contributed by atoms with van der Waals surface area (Å²) in [4.78, 5) is 12.7. The molecule has 0 bridgehead atoms. The highest BCUT2D eigenvalue weighted by atomic mass is 32.1. The maximum absolute atomic E-state index is 6.06. The second kappa shape index (κ2) is 4.18. The van der Waals surface area contributed by atoms with Gasteiger partial charge in [-0.3, -0.25) is 4.99 Å². The number of aliphatic imine (C=N–C) groups is 2. The second-order valence-corrected chi connectivity index (χ2v) is 6.38. The molecule has 2 aromatic rings. The lowest BCUT2D eigenvalue weighted by Crippen LogP contribution is -2.30. The van der Waals surface area contributed by atoms with Crippen molar-refractivity contribution >= 4 is 39.3 Å². The minimum absolute atomic E-state index is 0.689. The first-order valence-electron chi connectivity index (χ1n) is 7.15. The van der Waals surface area contributed by atoms with Crippen LogP contribution in [-0.4, -0.2) is 36.8 Å². The summed E-state index contributed by atoms with van der Waals surface area (Å²) in [6.45, 7) is 2.49. The molecule has 21 heavy (non-hydrogen) atoms. The second-order valence-electron chi connectivity index (χ2n) is 5.33. The summed E-state index contributed by atoms with van der Waals surface area (Å²) in [5.74, 6) is 2.08. The number of benzene rings is 1. The number of ether oxygens (including phenoxy) is 1. The molecule has 5 rings (SSSR count). The van der Waals surface area contributed by atoms with Crippen molar-refractivity contribution in [3.8, 4) is 5.75 Å². The third-order valence-electron chi connectivity index (χ3n) is 4.12. The van der Waals surface area contributed by atoms with Gasteiger partial charge >= 0.3 is 0 Å². The Balaban J connectivity index is 1.79. The average Bonchev–Trinajstić information content (AvgIpc) is 3.08. The minimum Gasteiger partial charge on any atom is -0.491 e. The molecule has 3 aliphatic heterocycles. The third kappa shape index (κ3) is 1.55. The normalized spacial score (nSPS) is 19.8. The van der Waals surface area contributed by atoms with Gasteiger partial charge in [-0.15, -0.1) is 11.3 Å². The van der Waals surface area contributed by atoms with Crippen LogP contribution in [-0.2, 0) is 0 Å². The van der Waals surface area contributed by atoms with Gasteiger partial charge < -0.3 is 9.64 Å². The van der Waals surface area contributed by atoms with E-state index in [-0.39, 0.29) is 0 Å². The Morgan fingerprint density at radius 1 is 1.24 bits per heavy atom. The molecule has 5 heteroatoms. The predicted octanol–water partition coefficient (Wildman–Crippen LogP) is 3.15. The minimum atomic E-state index is 0.689. The Hall–Kier alpha value is -2.14. The molecule has 0 fully saturated rings.